The van der Waals surface area contributed by atoms with E-state index < -0.39 is 0 Å². The Morgan fingerprint density at radius 1 is 0.906 bits per heavy atom. The molecule has 0 aromatic heterocycles. The summed E-state index contributed by atoms with van der Waals surface area (Å²) >= 11 is 0. The van der Waals surface area contributed by atoms with Crippen molar-refractivity contribution in [2.75, 3.05) is 18.5 Å². The third kappa shape index (κ3) is 5.28. The molecule has 0 fully saturated rings. The molecule has 3 rings (SSSR count). The van der Waals surface area contributed by atoms with E-state index in [1.807, 2.05) is 70.2 Å². The molecule has 5 heteroatoms. The summed E-state index contributed by atoms with van der Waals surface area (Å²) in [6.45, 7) is 13.1. The van der Waals surface area contributed by atoms with Crippen LogP contribution in [0.3, 0.4) is 0 Å². The van der Waals surface area contributed by atoms with Crippen LogP contribution in [0.1, 0.15) is 62.3 Å². The van der Waals surface area contributed by atoms with E-state index in [2.05, 4.69) is 19.2 Å². The fraction of sp³-hybridized carbons (Fsp3) is 0.407. The van der Waals surface area contributed by atoms with Gasteiger partial charge in [0.2, 0.25) is 0 Å². The molecule has 0 bridgehead atoms. The minimum atomic E-state index is -0.291. The zero-order valence-corrected chi connectivity index (χ0v) is 20.0. The maximum atomic E-state index is 13.4. The van der Waals surface area contributed by atoms with E-state index in [9.17, 15) is 9.59 Å². The van der Waals surface area contributed by atoms with Crippen LogP contribution in [0.2, 0.25) is 0 Å². The van der Waals surface area contributed by atoms with Crippen molar-refractivity contribution in [3.05, 3.63) is 70.4 Å². The highest BCUT2D eigenvalue weighted by Gasteiger charge is 2.39. The summed E-state index contributed by atoms with van der Waals surface area (Å²) in [5.74, 6) is -0.127. The lowest BCUT2D eigenvalue weighted by molar-refractivity contribution is -0.137. The number of amides is 2. The highest BCUT2D eigenvalue weighted by atomic mass is 16.5. The van der Waals surface area contributed by atoms with E-state index in [0.717, 1.165) is 22.4 Å². The lowest BCUT2D eigenvalue weighted by atomic mass is 9.99. The minimum Gasteiger partial charge on any atom is -0.379 e. The topological polar surface area (TPSA) is 58.6 Å². The molecular formula is C27H34N2O3. The number of hydrogen-bond donors (Lipinski definition) is 1. The van der Waals surface area contributed by atoms with Gasteiger partial charge < -0.3 is 10.1 Å². The first-order chi connectivity index (χ1) is 15.2. The fourth-order valence-corrected chi connectivity index (χ4v) is 3.70. The highest BCUT2D eigenvalue weighted by Crippen LogP contribution is 2.32. The van der Waals surface area contributed by atoms with Crippen LogP contribution in [0.4, 0.5) is 5.69 Å². The molecule has 0 atom stereocenters. The number of carbonyl (C=O) groups is 2. The molecule has 0 saturated carbocycles. The van der Waals surface area contributed by atoms with Gasteiger partial charge in [0.25, 0.3) is 11.8 Å². The summed E-state index contributed by atoms with van der Waals surface area (Å²) in [6.07, 6.45) is 0.724. The molecule has 32 heavy (non-hydrogen) atoms. The molecule has 170 valence electrons. The SMILES string of the molecule is Cc1ccc(C2=C(Nc3ccc(C(C)C)cc3)C(=O)N(CCCOC(C)C)C2=O)cc1C. The van der Waals surface area contributed by atoms with Crippen LogP contribution in [-0.4, -0.2) is 36.0 Å². The Kier molecular flexibility index (Phi) is 7.52. The maximum Gasteiger partial charge on any atom is 0.278 e. The average molecular weight is 435 g/mol. The van der Waals surface area contributed by atoms with E-state index in [0.29, 0.717) is 36.8 Å². The molecule has 1 N–H and O–H groups in total. The Morgan fingerprint density at radius 2 is 1.59 bits per heavy atom. The number of hydrogen-bond acceptors (Lipinski definition) is 4. The summed E-state index contributed by atoms with van der Waals surface area (Å²) in [6, 6.07) is 13.9. The molecule has 0 saturated heterocycles. The smallest absolute Gasteiger partial charge is 0.278 e. The van der Waals surface area contributed by atoms with E-state index >= 15 is 0 Å². The summed E-state index contributed by atoms with van der Waals surface area (Å²) in [5, 5.41) is 3.24. The number of aryl methyl sites for hydroxylation is 2. The molecule has 2 aromatic rings. The molecular weight excluding hydrogens is 400 g/mol. The maximum absolute atomic E-state index is 13.4. The van der Waals surface area contributed by atoms with Gasteiger partial charge in [-0.3, -0.25) is 14.5 Å². The number of anilines is 1. The summed E-state index contributed by atoms with van der Waals surface area (Å²) in [4.78, 5) is 28.0. The van der Waals surface area contributed by atoms with Crippen molar-refractivity contribution in [2.45, 2.75) is 60.0 Å². The molecule has 0 spiro atoms. The molecule has 1 aliphatic heterocycles. The van der Waals surface area contributed by atoms with Crippen molar-refractivity contribution in [2.24, 2.45) is 0 Å². The molecule has 5 nitrogen and oxygen atoms in total. The second kappa shape index (κ2) is 10.1. The van der Waals surface area contributed by atoms with Crippen LogP contribution in [0, 0.1) is 13.8 Å². The van der Waals surface area contributed by atoms with Gasteiger partial charge in [-0.2, -0.15) is 0 Å². The molecule has 0 unspecified atom stereocenters. The second-order valence-electron chi connectivity index (χ2n) is 8.99. The van der Waals surface area contributed by atoms with Crippen LogP contribution in [0.15, 0.2) is 48.2 Å². The van der Waals surface area contributed by atoms with Gasteiger partial charge in [0.15, 0.2) is 0 Å². The third-order valence-corrected chi connectivity index (χ3v) is 5.79. The molecule has 0 aliphatic carbocycles. The first-order valence-corrected chi connectivity index (χ1v) is 11.4. The quantitative estimate of drug-likeness (QED) is 0.422. The van der Waals surface area contributed by atoms with Gasteiger partial charge >= 0.3 is 0 Å². The Hall–Kier alpha value is -2.92. The predicted molar refractivity (Wildman–Crippen MR) is 129 cm³/mol. The Morgan fingerprint density at radius 3 is 2.19 bits per heavy atom. The minimum absolute atomic E-state index is 0.121. The number of carbonyl (C=O) groups excluding carboxylic acids is 2. The Balaban J connectivity index is 1.92. The van der Waals surface area contributed by atoms with Gasteiger partial charge in [-0.15, -0.1) is 0 Å². The van der Waals surface area contributed by atoms with Crippen molar-refractivity contribution >= 4 is 23.1 Å². The third-order valence-electron chi connectivity index (χ3n) is 5.79. The van der Waals surface area contributed by atoms with Crippen LogP contribution >= 0.6 is 0 Å². The number of benzene rings is 2. The monoisotopic (exact) mass is 434 g/mol. The van der Waals surface area contributed by atoms with E-state index in [-0.39, 0.29) is 17.9 Å². The van der Waals surface area contributed by atoms with Crippen molar-refractivity contribution in [1.82, 2.24) is 4.90 Å². The fourth-order valence-electron chi connectivity index (χ4n) is 3.70. The number of ether oxygens (including phenoxy) is 1. The second-order valence-corrected chi connectivity index (χ2v) is 8.99. The first kappa shape index (κ1) is 23.7. The van der Waals surface area contributed by atoms with Gasteiger partial charge in [0.05, 0.1) is 11.7 Å². The number of rotatable bonds is 9. The van der Waals surface area contributed by atoms with Crippen LogP contribution in [0.5, 0.6) is 0 Å². The first-order valence-electron chi connectivity index (χ1n) is 11.4. The zero-order valence-electron chi connectivity index (χ0n) is 20.0. The standard InChI is InChI=1S/C27H34N2O3/c1-17(2)21-10-12-23(13-11-21)28-25-24(22-9-8-19(5)20(6)16-22)26(30)29(27(25)31)14-7-15-32-18(3)4/h8-13,16-18,28H,7,14-15H2,1-6H3. The largest absolute Gasteiger partial charge is 0.379 e. The zero-order chi connectivity index (χ0) is 23.4. The van der Waals surface area contributed by atoms with Crippen molar-refractivity contribution in [3.63, 3.8) is 0 Å². The number of nitrogens with zero attached hydrogens (tertiary/aromatic N) is 1. The van der Waals surface area contributed by atoms with Gasteiger partial charge in [-0.1, -0.05) is 44.2 Å². The lowest BCUT2D eigenvalue weighted by Gasteiger charge is -2.16. The molecule has 1 heterocycles. The average Bonchev–Trinajstić information content (AvgIpc) is 2.97. The van der Waals surface area contributed by atoms with Crippen molar-refractivity contribution < 1.29 is 14.3 Å². The van der Waals surface area contributed by atoms with Crippen LogP contribution < -0.4 is 5.32 Å². The number of nitrogens with one attached hydrogen (secondary N) is 1. The van der Waals surface area contributed by atoms with E-state index in [1.54, 1.807) is 0 Å². The van der Waals surface area contributed by atoms with Gasteiger partial charge in [-0.05, 0) is 74.4 Å². The highest BCUT2D eigenvalue weighted by molar-refractivity contribution is 6.36. The van der Waals surface area contributed by atoms with Gasteiger partial charge in [-0.25, -0.2) is 0 Å². The molecule has 2 amide bonds. The van der Waals surface area contributed by atoms with Crippen LogP contribution in [-0.2, 0) is 14.3 Å². The van der Waals surface area contributed by atoms with Crippen molar-refractivity contribution in [1.29, 1.82) is 0 Å². The van der Waals surface area contributed by atoms with E-state index in [4.69, 9.17) is 4.74 Å². The summed E-state index contributed by atoms with van der Waals surface area (Å²) < 4.78 is 5.59. The summed E-state index contributed by atoms with van der Waals surface area (Å²) in [7, 11) is 0. The summed E-state index contributed by atoms with van der Waals surface area (Å²) in [5.41, 5.74) is 5.76. The normalized spacial score (nSPS) is 14.3. The van der Waals surface area contributed by atoms with Crippen molar-refractivity contribution in [3.8, 4) is 0 Å². The molecule has 1 aliphatic rings. The Bertz CT molecular complexity index is 1020. The van der Waals surface area contributed by atoms with Gasteiger partial charge in [0, 0.05) is 18.8 Å². The predicted octanol–water partition coefficient (Wildman–Crippen LogP) is 5.43. The number of imide groups is 1. The van der Waals surface area contributed by atoms with Crippen LogP contribution in [0.25, 0.3) is 5.57 Å². The molecule has 0 radical (unpaired) electrons. The van der Waals surface area contributed by atoms with E-state index in [1.165, 1.54) is 10.5 Å². The molecule has 2 aromatic carbocycles. The lowest BCUT2D eigenvalue weighted by Crippen LogP contribution is -2.34. The Labute approximate surface area is 191 Å². The van der Waals surface area contributed by atoms with Gasteiger partial charge in [0.1, 0.15) is 5.70 Å².